The first kappa shape index (κ1) is 32.9. The lowest BCUT2D eigenvalue weighted by Gasteiger charge is -2.34. The van der Waals surface area contributed by atoms with Gasteiger partial charge < -0.3 is 24.8 Å². The molecule has 0 unspecified atom stereocenters. The molecule has 2 N–H and O–H groups in total. The molecule has 1 aliphatic rings. The van der Waals surface area contributed by atoms with Gasteiger partial charge in [-0.1, -0.05) is 60.7 Å². The fraction of sp³-hybridized carbons (Fsp3) is 0.333. The maximum atomic E-state index is 12.7. The monoisotopic (exact) mass is 645 g/mol. The normalized spacial score (nSPS) is 15.6. The minimum atomic E-state index is -0.544. The van der Waals surface area contributed by atoms with Crippen LogP contribution in [0.4, 0.5) is 10.7 Å². The zero-order valence-corrected chi connectivity index (χ0v) is 28.0. The average molecular weight is 646 g/mol. The van der Waals surface area contributed by atoms with Gasteiger partial charge in [-0.2, -0.15) is 0 Å². The van der Waals surface area contributed by atoms with Crippen molar-refractivity contribution in [2.75, 3.05) is 18.4 Å². The van der Waals surface area contributed by atoms with Gasteiger partial charge in [-0.25, -0.2) is 19.7 Å². The molecule has 0 bridgehead atoms. The van der Waals surface area contributed by atoms with E-state index in [1.807, 2.05) is 82.3 Å². The number of rotatable bonds is 9. The maximum Gasteiger partial charge on any atom is 0.410 e. The summed E-state index contributed by atoms with van der Waals surface area (Å²) in [6, 6.07) is 25.8. The topological polar surface area (TPSA) is 110 Å². The van der Waals surface area contributed by atoms with Crippen molar-refractivity contribution >= 4 is 22.8 Å². The summed E-state index contributed by atoms with van der Waals surface area (Å²) in [7, 11) is 0. The summed E-state index contributed by atoms with van der Waals surface area (Å²) in [5, 5.41) is 16.3. The molecule has 6 rings (SSSR count). The number of hydrogen-bond acceptors (Lipinski definition) is 8. The summed E-state index contributed by atoms with van der Waals surface area (Å²) < 4.78 is 12.2. The number of pyridine rings is 1. The lowest BCUT2D eigenvalue weighted by atomic mass is 9.96. The number of hydrogen-bond donors (Lipinski definition) is 2. The standard InChI is InChI=1S/C39H43N5O4/c1-26-17-19-30-27(18-20-34(45)28-11-6-5-7-12-28)13-8-15-31(30)35(26)47-36-32(16-9-22-40-36)33-21-23-41-37(43-33)42-29-14-10-24-44(25-29)38(46)48-39(2,3)4/h5-9,11-13,15-17,19,21-23,29,34,45H,10,14,18,20,24-25H2,1-4H3,(H,41,42,43)/t29-,34-/m0/s1. The van der Waals surface area contributed by atoms with E-state index in [2.05, 4.69) is 39.6 Å². The van der Waals surface area contributed by atoms with Gasteiger partial charge in [0.1, 0.15) is 11.4 Å². The van der Waals surface area contributed by atoms with E-state index < -0.39 is 11.7 Å². The Hall–Kier alpha value is -5.02. The number of carbonyl (C=O) groups excluding carboxylic acids is 1. The van der Waals surface area contributed by atoms with Crippen LogP contribution >= 0.6 is 0 Å². The summed E-state index contributed by atoms with van der Waals surface area (Å²) in [4.78, 5) is 28.4. The Bertz CT molecular complexity index is 1870. The van der Waals surface area contributed by atoms with Crippen LogP contribution in [-0.4, -0.2) is 55.8 Å². The number of carbonyl (C=O) groups is 1. The van der Waals surface area contributed by atoms with Crippen LogP contribution < -0.4 is 10.1 Å². The van der Waals surface area contributed by atoms with E-state index in [4.69, 9.17) is 14.5 Å². The van der Waals surface area contributed by atoms with Gasteiger partial charge in [0.05, 0.1) is 17.4 Å². The quantitative estimate of drug-likeness (QED) is 0.165. The summed E-state index contributed by atoms with van der Waals surface area (Å²) in [5.41, 5.74) is 3.91. The molecule has 5 aromatic rings. The predicted octanol–water partition coefficient (Wildman–Crippen LogP) is 8.27. The van der Waals surface area contributed by atoms with Gasteiger partial charge in [0.25, 0.3) is 0 Å². The highest BCUT2D eigenvalue weighted by atomic mass is 16.6. The number of piperidine rings is 1. The Balaban J connectivity index is 1.21. The molecule has 0 spiro atoms. The summed E-state index contributed by atoms with van der Waals surface area (Å²) in [5.74, 6) is 1.65. The SMILES string of the molecule is Cc1ccc2c(CC[C@H](O)c3ccccc3)cccc2c1Oc1ncccc1-c1ccnc(N[C@H]2CCCN(C(=O)OC(C)(C)C)C2)n1. The van der Waals surface area contributed by atoms with Crippen LogP contribution in [0.15, 0.2) is 91.3 Å². The third-order valence-electron chi connectivity index (χ3n) is 8.48. The molecule has 2 aromatic heterocycles. The van der Waals surface area contributed by atoms with E-state index in [9.17, 15) is 9.90 Å². The number of fused-ring (bicyclic) bond motifs is 1. The molecule has 3 heterocycles. The van der Waals surface area contributed by atoms with E-state index >= 15 is 0 Å². The lowest BCUT2D eigenvalue weighted by Crippen LogP contribution is -2.47. The van der Waals surface area contributed by atoms with E-state index in [-0.39, 0.29) is 12.1 Å². The first-order chi connectivity index (χ1) is 23.1. The molecule has 9 nitrogen and oxygen atoms in total. The average Bonchev–Trinajstić information content (AvgIpc) is 3.08. The molecule has 2 atom stereocenters. The molecule has 1 fully saturated rings. The smallest absolute Gasteiger partial charge is 0.410 e. The molecule has 0 aliphatic carbocycles. The third kappa shape index (κ3) is 7.91. The number of nitrogens with zero attached hydrogens (tertiary/aromatic N) is 4. The van der Waals surface area contributed by atoms with E-state index in [1.54, 1.807) is 17.3 Å². The number of nitrogens with one attached hydrogen (secondary N) is 1. The Labute approximate surface area is 282 Å². The minimum Gasteiger partial charge on any atom is -0.444 e. The molecule has 1 aliphatic heterocycles. The van der Waals surface area contributed by atoms with Crippen molar-refractivity contribution in [3.05, 3.63) is 108 Å². The number of amides is 1. The van der Waals surface area contributed by atoms with Crippen LogP contribution in [-0.2, 0) is 11.2 Å². The van der Waals surface area contributed by atoms with Crippen molar-refractivity contribution in [2.24, 2.45) is 0 Å². The fourth-order valence-corrected chi connectivity index (χ4v) is 6.10. The van der Waals surface area contributed by atoms with Crippen LogP contribution in [0.3, 0.4) is 0 Å². The molecule has 248 valence electrons. The zero-order chi connectivity index (χ0) is 33.7. The number of aromatic nitrogens is 3. The van der Waals surface area contributed by atoms with Crippen LogP contribution in [0.2, 0.25) is 0 Å². The van der Waals surface area contributed by atoms with Gasteiger partial charge in [0.15, 0.2) is 0 Å². The van der Waals surface area contributed by atoms with Crippen molar-refractivity contribution in [3.8, 4) is 22.9 Å². The lowest BCUT2D eigenvalue weighted by molar-refractivity contribution is 0.0206. The molecular formula is C39H43N5O4. The number of aliphatic hydroxyl groups is 1. The summed E-state index contributed by atoms with van der Waals surface area (Å²) in [6.07, 6.45) is 5.67. The zero-order valence-electron chi connectivity index (χ0n) is 28.0. The van der Waals surface area contributed by atoms with Gasteiger partial charge in [-0.15, -0.1) is 0 Å². The number of ether oxygens (including phenoxy) is 2. The Morgan fingerprint density at radius 3 is 2.62 bits per heavy atom. The van der Waals surface area contributed by atoms with Crippen LogP contribution in [0.5, 0.6) is 11.6 Å². The van der Waals surface area contributed by atoms with Gasteiger partial charge >= 0.3 is 6.09 Å². The maximum absolute atomic E-state index is 12.7. The van der Waals surface area contributed by atoms with Crippen molar-refractivity contribution in [2.45, 2.75) is 71.1 Å². The van der Waals surface area contributed by atoms with Crippen LogP contribution in [0, 0.1) is 6.92 Å². The Morgan fingerprint density at radius 2 is 1.81 bits per heavy atom. The number of aliphatic hydroxyl groups excluding tert-OH is 1. The Kier molecular flexibility index (Phi) is 9.87. The molecule has 3 aromatic carbocycles. The van der Waals surface area contributed by atoms with E-state index in [1.165, 1.54) is 0 Å². The molecule has 48 heavy (non-hydrogen) atoms. The summed E-state index contributed by atoms with van der Waals surface area (Å²) in [6.45, 7) is 8.82. The van der Waals surface area contributed by atoms with Gasteiger partial charge in [-0.3, -0.25) is 0 Å². The predicted molar refractivity (Wildman–Crippen MR) is 188 cm³/mol. The van der Waals surface area contributed by atoms with Gasteiger partial charge in [-0.05, 0) is 93.7 Å². The van der Waals surface area contributed by atoms with Crippen molar-refractivity contribution in [1.82, 2.24) is 19.9 Å². The highest BCUT2D eigenvalue weighted by Gasteiger charge is 2.28. The highest BCUT2D eigenvalue weighted by molar-refractivity contribution is 5.92. The fourth-order valence-electron chi connectivity index (χ4n) is 6.10. The van der Waals surface area contributed by atoms with Crippen molar-refractivity contribution in [1.29, 1.82) is 0 Å². The second kappa shape index (κ2) is 14.4. The first-order valence-electron chi connectivity index (χ1n) is 16.6. The van der Waals surface area contributed by atoms with Crippen LogP contribution in [0.25, 0.3) is 22.0 Å². The molecule has 0 radical (unpaired) electrons. The second-order valence-electron chi connectivity index (χ2n) is 13.3. The van der Waals surface area contributed by atoms with E-state index in [0.717, 1.165) is 58.0 Å². The molecule has 1 amide bonds. The van der Waals surface area contributed by atoms with Gasteiger partial charge in [0.2, 0.25) is 11.8 Å². The molecule has 9 heteroatoms. The molecular weight excluding hydrogens is 602 g/mol. The van der Waals surface area contributed by atoms with Gasteiger partial charge in [0, 0.05) is 36.9 Å². The minimum absolute atomic E-state index is 0.00697. The third-order valence-corrected chi connectivity index (χ3v) is 8.48. The number of benzene rings is 3. The first-order valence-corrected chi connectivity index (χ1v) is 16.6. The molecule has 1 saturated heterocycles. The number of aryl methyl sites for hydroxylation is 2. The number of likely N-dealkylation sites (tertiary alicyclic amines) is 1. The Morgan fingerprint density at radius 1 is 0.979 bits per heavy atom. The van der Waals surface area contributed by atoms with Crippen molar-refractivity contribution < 1.29 is 19.4 Å². The molecule has 0 saturated carbocycles. The second-order valence-corrected chi connectivity index (χ2v) is 13.3. The highest BCUT2D eigenvalue weighted by Crippen LogP contribution is 2.38. The van der Waals surface area contributed by atoms with E-state index in [0.29, 0.717) is 37.0 Å². The number of anilines is 1. The summed E-state index contributed by atoms with van der Waals surface area (Å²) >= 11 is 0. The van der Waals surface area contributed by atoms with Crippen LogP contribution in [0.1, 0.15) is 62.8 Å². The van der Waals surface area contributed by atoms with Crippen molar-refractivity contribution in [3.63, 3.8) is 0 Å². The largest absolute Gasteiger partial charge is 0.444 e.